The summed E-state index contributed by atoms with van der Waals surface area (Å²) in [6.45, 7) is 5.99. The first-order valence-electron chi connectivity index (χ1n) is 8.73. The van der Waals surface area contributed by atoms with Crippen molar-refractivity contribution >= 4 is 23.0 Å². The number of hydrogen-bond acceptors (Lipinski definition) is 4. The Hall–Kier alpha value is -2.22. The number of aromatic nitrogens is 2. The van der Waals surface area contributed by atoms with Crippen molar-refractivity contribution in [3.63, 3.8) is 0 Å². The molecule has 2 aromatic rings. The van der Waals surface area contributed by atoms with Gasteiger partial charge in [-0.1, -0.05) is 12.2 Å². The molecule has 1 aliphatic rings. The van der Waals surface area contributed by atoms with Crippen LogP contribution in [0.15, 0.2) is 30.5 Å². The molecule has 0 aromatic carbocycles. The van der Waals surface area contributed by atoms with E-state index in [4.69, 9.17) is 12.2 Å². The largest absolute Gasteiger partial charge is 0.419 e. The molecule has 0 N–H and O–H groups in total. The molecule has 1 fully saturated rings. The Labute approximate surface area is 162 Å². The number of rotatable bonds is 3. The Bertz CT molecular complexity index is 810. The van der Waals surface area contributed by atoms with Crippen LogP contribution >= 0.6 is 12.2 Å². The van der Waals surface area contributed by atoms with E-state index in [1.165, 1.54) is 12.3 Å². The number of thiocarbonyl (C=S) groups is 1. The number of alkyl halides is 3. The minimum atomic E-state index is -4.41. The summed E-state index contributed by atoms with van der Waals surface area (Å²) < 4.78 is 39.6. The van der Waals surface area contributed by atoms with Crippen LogP contribution in [0, 0.1) is 13.8 Å². The second-order valence-electron chi connectivity index (χ2n) is 6.69. The van der Waals surface area contributed by atoms with Crippen molar-refractivity contribution in [2.75, 3.05) is 31.1 Å². The number of nitrogens with zero attached hydrogens (tertiary/aromatic N) is 4. The molecule has 3 heterocycles. The number of hydrogen-bond donors (Lipinski definition) is 0. The van der Waals surface area contributed by atoms with E-state index in [1.807, 2.05) is 30.9 Å². The molecule has 0 atom stereocenters. The molecule has 0 amide bonds. The topological polar surface area (TPSA) is 32.3 Å². The van der Waals surface area contributed by atoms with Crippen LogP contribution in [0.1, 0.15) is 22.5 Å². The van der Waals surface area contributed by atoms with Gasteiger partial charge in [0.1, 0.15) is 5.82 Å². The third kappa shape index (κ3) is 4.74. The first-order chi connectivity index (χ1) is 12.7. The lowest BCUT2D eigenvalue weighted by Crippen LogP contribution is -2.49. The molecule has 8 heteroatoms. The molecule has 144 valence electrons. The van der Waals surface area contributed by atoms with Gasteiger partial charge in [0.15, 0.2) is 0 Å². The van der Waals surface area contributed by atoms with Crippen molar-refractivity contribution in [1.29, 1.82) is 0 Å². The Morgan fingerprint density at radius 3 is 2.48 bits per heavy atom. The van der Waals surface area contributed by atoms with Gasteiger partial charge in [0.2, 0.25) is 0 Å². The van der Waals surface area contributed by atoms with Gasteiger partial charge >= 0.3 is 6.18 Å². The zero-order chi connectivity index (χ0) is 19.6. The second kappa shape index (κ2) is 7.80. The van der Waals surface area contributed by atoms with Gasteiger partial charge in [-0.15, -0.1) is 0 Å². The molecule has 27 heavy (non-hydrogen) atoms. The predicted octanol–water partition coefficient (Wildman–Crippen LogP) is 3.80. The fourth-order valence-electron chi connectivity index (χ4n) is 3.32. The second-order valence-corrected chi connectivity index (χ2v) is 7.17. The highest BCUT2D eigenvalue weighted by Crippen LogP contribution is 2.35. The maximum Gasteiger partial charge on any atom is 0.419 e. The van der Waals surface area contributed by atoms with Crippen LogP contribution < -0.4 is 4.90 Å². The van der Waals surface area contributed by atoms with Crippen LogP contribution in [0.4, 0.5) is 19.0 Å². The molecule has 0 radical (unpaired) electrons. The standard InChI is InChI=1S/C19H21F3N4S/c1-13-10-14(2)24-15(11-13)12-17(27)25-6-8-26(9-7-25)18-16(19(20,21)22)4-3-5-23-18/h3-5,10-11H,6-9,12H2,1-2H3. The highest BCUT2D eigenvalue weighted by Gasteiger charge is 2.36. The summed E-state index contributed by atoms with van der Waals surface area (Å²) in [6, 6.07) is 6.41. The number of halogens is 3. The van der Waals surface area contributed by atoms with Gasteiger partial charge in [-0.05, 0) is 43.7 Å². The van der Waals surface area contributed by atoms with Crippen LogP contribution in [0.5, 0.6) is 0 Å². The minimum Gasteiger partial charge on any atom is -0.362 e. The Morgan fingerprint density at radius 2 is 1.85 bits per heavy atom. The van der Waals surface area contributed by atoms with E-state index in [2.05, 4.69) is 9.97 Å². The average molecular weight is 394 g/mol. The maximum absolute atomic E-state index is 13.2. The van der Waals surface area contributed by atoms with E-state index < -0.39 is 11.7 Å². The number of aryl methyl sites for hydroxylation is 2. The van der Waals surface area contributed by atoms with Crippen LogP contribution in [0.2, 0.25) is 0 Å². The van der Waals surface area contributed by atoms with E-state index in [-0.39, 0.29) is 5.82 Å². The van der Waals surface area contributed by atoms with Crippen LogP contribution in [-0.4, -0.2) is 46.0 Å². The summed E-state index contributed by atoms with van der Waals surface area (Å²) in [7, 11) is 0. The molecule has 0 aliphatic carbocycles. The lowest BCUT2D eigenvalue weighted by atomic mass is 10.1. The van der Waals surface area contributed by atoms with Gasteiger partial charge in [0.05, 0.1) is 10.6 Å². The van der Waals surface area contributed by atoms with Crippen molar-refractivity contribution in [3.05, 3.63) is 53.0 Å². The molecule has 0 bridgehead atoms. The molecule has 1 aliphatic heterocycles. The van der Waals surface area contributed by atoms with Crippen molar-refractivity contribution in [1.82, 2.24) is 14.9 Å². The van der Waals surface area contributed by atoms with Gasteiger partial charge in [0.25, 0.3) is 0 Å². The van der Waals surface area contributed by atoms with Crippen LogP contribution in [0.25, 0.3) is 0 Å². The van der Waals surface area contributed by atoms with Gasteiger partial charge < -0.3 is 9.80 Å². The predicted molar refractivity (Wildman–Crippen MR) is 103 cm³/mol. The highest BCUT2D eigenvalue weighted by atomic mass is 32.1. The molecule has 4 nitrogen and oxygen atoms in total. The lowest BCUT2D eigenvalue weighted by molar-refractivity contribution is -0.137. The van der Waals surface area contributed by atoms with Gasteiger partial charge in [-0.3, -0.25) is 4.98 Å². The molecule has 3 rings (SSSR count). The summed E-state index contributed by atoms with van der Waals surface area (Å²) in [5.41, 5.74) is 2.32. The van der Waals surface area contributed by atoms with E-state index in [1.54, 1.807) is 4.90 Å². The normalized spacial score (nSPS) is 15.1. The van der Waals surface area contributed by atoms with Crippen molar-refractivity contribution < 1.29 is 13.2 Å². The third-order valence-corrected chi connectivity index (χ3v) is 4.91. The smallest absolute Gasteiger partial charge is 0.362 e. The minimum absolute atomic E-state index is 0.00783. The summed E-state index contributed by atoms with van der Waals surface area (Å²) in [6.07, 6.45) is -2.45. The van der Waals surface area contributed by atoms with Crippen LogP contribution in [-0.2, 0) is 12.6 Å². The van der Waals surface area contributed by atoms with Crippen LogP contribution in [0.3, 0.4) is 0 Å². The molecular formula is C19H21F3N4S. The Balaban J connectivity index is 1.65. The SMILES string of the molecule is Cc1cc(C)nc(CC(=S)N2CCN(c3ncccc3C(F)(F)F)CC2)c1. The molecule has 0 unspecified atom stereocenters. The first kappa shape index (κ1) is 19.5. The number of piperazine rings is 1. The summed E-state index contributed by atoms with van der Waals surface area (Å²) in [5, 5.41) is 0. The lowest BCUT2D eigenvalue weighted by Gasteiger charge is -2.37. The first-order valence-corrected chi connectivity index (χ1v) is 9.14. The third-order valence-electron chi connectivity index (χ3n) is 4.51. The molecule has 0 spiro atoms. The van der Waals surface area contributed by atoms with Crippen molar-refractivity contribution in [3.8, 4) is 0 Å². The zero-order valence-corrected chi connectivity index (χ0v) is 16.1. The summed E-state index contributed by atoms with van der Waals surface area (Å²) >= 11 is 5.55. The van der Waals surface area contributed by atoms with E-state index >= 15 is 0 Å². The van der Waals surface area contributed by atoms with Gasteiger partial charge in [-0.2, -0.15) is 13.2 Å². The zero-order valence-electron chi connectivity index (χ0n) is 15.3. The van der Waals surface area contributed by atoms with E-state index in [0.29, 0.717) is 32.6 Å². The average Bonchev–Trinajstić information content (AvgIpc) is 2.60. The molecule has 2 aromatic heterocycles. The van der Waals surface area contributed by atoms with E-state index in [0.717, 1.165) is 28.0 Å². The van der Waals surface area contributed by atoms with Crippen molar-refractivity contribution in [2.45, 2.75) is 26.4 Å². The Morgan fingerprint density at radius 1 is 1.15 bits per heavy atom. The number of anilines is 1. The van der Waals surface area contributed by atoms with Crippen molar-refractivity contribution in [2.24, 2.45) is 0 Å². The quantitative estimate of drug-likeness (QED) is 0.740. The fourth-order valence-corrected chi connectivity index (χ4v) is 3.65. The highest BCUT2D eigenvalue weighted by molar-refractivity contribution is 7.80. The van der Waals surface area contributed by atoms with Gasteiger partial charge in [0, 0.05) is 50.2 Å². The number of pyridine rings is 2. The summed E-state index contributed by atoms with van der Waals surface area (Å²) in [4.78, 5) is 13.0. The van der Waals surface area contributed by atoms with E-state index in [9.17, 15) is 13.2 Å². The van der Waals surface area contributed by atoms with Gasteiger partial charge in [-0.25, -0.2) is 4.98 Å². The molecule has 1 saturated heterocycles. The monoisotopic (exact) mass is 394 g/mol. The molecular weight excluding hydrogens is 373 g/mol. The maximum atomic E-state index is 13.2. The Kier molecular flexibility index (Phi) is 5.64. The molecule has 0 saturated carbocycles. The fraction of sp³-hybridized carbons (Fsp3) is 0.421. The summed E-state index contributed by atoms with van der Waals surface area (Å²) in [5.74, 6) is -0.00783.